The van der Waals surface area contributed by atoms with Gasteiger partial charge in [-0.25, -0.2) is 9.97 Å². The minimum Gasteiger partial charge on any atom is -0.243 e. The van der Waals surface area contributed by atoms with Crippen LogP contribution < -0.4 is 0 Å². The largest absolute Gasteiger partial charge is 0.243 e. The van der Waals surface area contributed by atoms with Crippen LogP contribution in [0.5, 0.6) is 0 Å². The van der Waals surface area contributed by atoms with Crippen LogP contribution in [0.25, 0.3) is 0 Å². The van der Waals surface area contributed by atoms with Gasteiger partial charge in [0.05, 0.1) is 8.95 Å². The molecule has 0 aliphatic carbocycles. The normalized spacial score (nSPS) is 11.4. The van der Waals surface area contributed by atoms with Crippen LogP contribution in [0.4, 0.5) is 0 Å². The van der Waals surface area contributed by atoms with Crippen LogP contribution in [0.15, 0.2) is 37.8 Å². The van der Waals surface area contributed by atoms with Crippen LogP contribution in [0.2, 0.25) is 10.3 Å². The van der Waals surface area contributed by atoms with Gasteiger partial charge in [-0.05, 0) is 67.6 Å². The average Bonchev–Trinajstić information content (AvgIpc) is 2.56. The first-order chi connectivity index (χ1) is 11.9. The Bertz CT molecular complexity index is 798. The average molecular weight is 545 g/mol. The highest BCUT2D eigenvalue weighted by molar-refractivity contribution is 9.10. The predicted molar refractivity (Wildman–Crippen MR) is 116 cm³/mol. The van der Waals surface area contributed by atoms with Gasteiger partial charge in [0.15, 0.2) is 0 Å². The molecule has 2 aromatic heterocycles. The third-order valence-electron chi connectivity index (χ3n) is 2.59. The van der Waals surface area contributed by atoms with Gasteiger partial charge in [-0.1, -0.05) is 33.9 Å². The minimum atomic E-state index is -0.276. The first-order valence-corrected chi connectivity index (χ1v) is 12.2. The van der Waals surface area contributed by atoms with Crippen LogP contribution in [0, 0.1) is 11.5 Å². The van der Waals surface area contributed by atoms with E-state index in [1.165, 1.54) is 5.56 Å². The van der Waals surface area contributed by atoms with Crippen molar-refractivity contribution in [1.82, 2.24) is 9.97 Å². The maximum Gasteiger partial charge on any atom is 0.212 e. The molecule has 0 aliphatic heterocycles. The highest BCUT2D eigenvalue weighted by atomic mass is 79.9. The summed E-state index contributed by atoms with van der Waals surface area (Å²) in [4.78, 5) is 7.99. The predicted octanol–water partition coefficient (Wildman–Crippen LogP) is 6.27. The number of hydrogen-bond acceptors (Lipinski definition) is 5. The fourth-order valence-corrected chi connectivity index (χ4v) is 3.92. The summed E-state index contributed by atoms with van der Waals surface area (Å²) in [6, 6.07) is 3.89. The second-order valence-electron chi connectivity index (χ2n) is 4.60. The minimum absolute atomic E-state index is 0.276. The van der Waals surface area contributed by atoms with Gasteiger partial charge in [0, 0.05) is 23.9 Å². The van der Waals surface area contributed by atoms with Crippen molar-refractivity contribution in [3.8, 4) is 6.19 Å². The van der Waals surface area contributed by atoms with Gasteiger partial charge >= 0.3 is 0 Å². The third-order valence-corrected chi connectivity index (χ3v) is 6.62. The van der Waals surface area contributed by atoms with Crippen molar-refractivity contribution in [3.05, 3.63) is 54.9 Å². The smallest absolute Gasteiger partial charge is 0.212 e. The van der Waals surface area contributed by atoms with Gasteiger partial charge < -0.3 is 0 Å². The molecule has 1 atom stereocenters. The Morgan fingerprint density at radius 2 is 1.68 bits per heavy atom. The van der Waals surface area contributed by atoms with E-state index in [0.717, 1.165) is 26.0 Å². The fraction of sp³-hybridized carbons (Fsp3) is 0.267. The molecule has 0 amide bonds. The Labute approximate surface area is 181 Å². The number of nitrogens with zero attached hydrogens (tertiary/aromatic N) is 4. The molecule has 0 saturated heterocycles. The van der Waals surface area contributed by atoms with Crippen molar-refractivity contribution in [3.63, 3.8) is 0 Å². The fourth-order valence-electron chi connectivity index (χ4n) is 1.59. The summed E-state index contributed by atoms with van der Waals surface area (Å²) >= 11 is 19.8. The van der Waals surface area contributed by atoms with Gasteiger partial charge in [-0.2, -0.15) is 21.4 Å². The standard InChI is InChI=1S/C8H7BrClN3S.C7H7BrClNS/c1-14(13-5-11)4-6-2-7(9)8(10)12-3-6;1-11-4-5-2-6(8)7(9)10-3-5/h2-3H,4H2,1H3;2-3H,4H2,1H3. The Morgan fingerprint density at radius 3 is 2.16 bits per heavy atom. The Kier molecular flexibility index (Phi) is 11.2. The number of aromatic nitrogens is 2. The molecule has 4 nitrogen and oxygen atoms in total. The molecule has 0 fully saturated rings. The lowest BCUT2D eigenvalue weighted by Gasteiger charge is -2.01. The maximum absolute atomic E-state index is 8.36. The summed E-state index contributed by atoms with van der Waals surface area (Å²) < 4.78 is 5.36. The SMILES string of the molecule is CS(Cc1cnc(Cl)c(Br)c1)=NC#N.CSCc1cnc(Cl)c(Br)c1. The second kappa shape index (κ2) is 12.3. The Hall–Kier alpha value is -0.170. The van der Waals surface area contributed by atoms with Gasteiger partial charge in [0.1, 0.15) is 10.3 Å². The summed E-state index contributed by atoms with van der Waals surface area (Å²) in [7, 11) is -0.276. The monoisotopic (exact) mass is 542 g/mol. The molecule has 0 spiro atoms. The molecule has 0 bridgehead atoms. The zero-order valence-corrected chi connectivity index (χ0v) is 19.7. The highest BCUT2D eigenvalue weighted by Crippen LogP contribution is 2.22. The van der Waals surface area contributed by atoms with Crippen LogP contribution in [-0.2, 0) is 22.2 Å². The van der Waals surface area contributed by atoms with E-state index >= 15 is 0 Å². The van der Waals surface area contributed by atoms with Gasteiger partial charge in [-0.3, -0.25) is 0 Å². The number of nitriles is 1. The molecule has 0 N–H and O–H groups in total. The van der Waals surface area contributed by atoms with Crippen LogP contribution in [0.3, 0.4) is 0 Å². The molecule has 0 aromatic carbocycles. The van der Waals surface area contributed by atoms with E-state index < -0.39 is 0 Å². The lowest BCUT2D eigenvalue weighted by molar-refractivity contribution is 1.23. The Balaban J connectivity index is 0.000000257. The summed E-state index contributed by atoms with van der Waals surface area (Å²) in [6.07, 6.45) is 9.25. The highest BCUT2D eigenvalue weighted by Gasteiger charge is 2.01. The molecule has 0 aliphatic rings. The summed E-state index contributed by atoms with van der Waals surface area (Å²) in [5.41, 5.74) is 2.21. The number of halogens is 4. The lowest BCUT2D eigenvalue weighted by atomic mass is 10.3. The number of pyridine rings is 2. The molecule has 1 unspecified atom stereocenters. The molecule has 134 valence electrons. The zero-order chi connectivity index (χ0) is 18.8. The molecule has 25 heavy (non-hydrogen) atoms. The van der Waals surface area contributed by atoms with E-state index in [2.05, 4.69) is 52.4 Å². The van der Waals surface area contributed by atoms with E-state index in [0.29, 0.717) is 10.3 Å². The topological polar surface area (TPSA) is 61.9 Å². The van der Waals surface area contributed by atoms with Crippen molar-refractivity contribution >= 4 is 77.5 Å². The van der Waals surface area contributed by atoms with Gasteiger partial charge in [0.25, 0.3) is 0 Å². The first-order valence-electron chi connectivity index (χ1n) is 6.68. The first kappa shape index (κ1) is 22.9. The van der Waals surface area contributed by atoms with Crippen molar-refractivity contribution in [2.24, 2.45) is 4.36 Å². The van der Waals surface area contributed by atoms with E-state index in [1.54, 1.807) is 30.3 Å². The molecule has 2 rings (SSSR count). The Morgan fingerprint density at radius 1 is 1.16 bits per heavy atom. The number of rotatable bonds is 4. The molecule has 0 saturated carbocycles. The molecule has 2 aromatic rings. The van der Waals surface area contributed by atoms with Gasteiger partial charge in [0.2, 0.25) is 6.19 Å². The number of thioether (sulfide) groups is 1. The van der Waals surface area contributed by atoms with E-state index in [-0.39, 0.29) is 10.7 Å². The zero-order valence-electron chi connectivity index (χ0n) is 13.3. The summed E-state index contributed by atoms with van der Waals surface area (Å²) in [5.74, 6) is 1.69. The number of hydrogen-bond donors (Lipinski definition) is 0. The quantitative estimate of drug-likeness (QED) is 0.336. The van der Waals surface area contributed by atoms with E-state index in [9.17, 15) is 0 Å². The molecular weight excluding hydrogens is 531 g/mol. The van der Waals surface area contributed by atoms with Crippen molar-refractivity contribution in [2.75, 3.05) is 12.5 Å². The van der Waals surface area contributed by atoms with E-state index in [1.807, 2.05) is 18.4 Å². The van der Waals surface area contributed by atoms with Crippen molar-refractivity contribution < 1.29 is 0 Å². The second-order valence-corrected chi connectivity index (χ2v) is 9.56. The third kappa shape index (κ3) is 8.85. The molecule has 10 heteroatoms. The van der Waals surface area contributed by atoms with Crippen molar-refractivity contribution in [2.45, 2.75) is 11.5 Å². The van der Waals surface area contributed by atoms with Gasteiger partial charge in [-0.15, -0.1) is 0 Å². The maximum atomic E-state index is 8.36. The van der Waals surface area contributed by atoms with Crippen molar-refractivity contribution in [1.29, 1.82) is 5.26 Å². The molecule has 0 radical (unpaired) electrons. The van der Waals surface area contributed by atoms with E-state index in [4.69, 9.17) is 28.5 Å². The van der Waals surface area contributed by atoms with Crippen LogP contribution in [-0.4, -0.2) is 22.5 Å². The lowest BCUT2D eigenvalue weighted by Crippen LogP contribution is -1.93. The van der Waals surface area contributed by atoms with Crippen LogP contribution >= 0.6 is 66.8 Å². The molecule has 2 heterocycles. The summed E-state index contributed by atoms with van der Waals surface area (Å²) in [6.45, 7) is 0. The van der Waals surface area contributed by atoms with Crippen LogP contribution in [0.1, 0.15) is 11.1 Å². The molecular formula is C15H14Br2Cl2N4S2. The summed E-state index contributed by atoms with van der Waals surface area (Å²) in [5, 5.41) is 9.33.